The monoisotopic (exact) mass is 261 g/mol. The number of hydrogen-bond donors (Lipinski definition) is 1. The molecule has 2 rings (SSSR count). The molecular formula is C7H8BrN3OS. The highest BCUT2D eigenvalue weighted by atomic mass is 79.9. The van der Waals surface area contributed by atoms with Crippen molar-refractivity contribution in [1.29, 1.82) is 0 Å². The van der Waals surface area contributed by atoms with Gasteiger partial charge in [0.05, 0.1) is 22.9 Å². The summed E-state index contributed by atoms with van der Waals surface area (Å²) in [5.74, 6) is 0.484. The van der Waals surface area contributed by atoms with Crippen LogP contribution in [-0.4, -0.2) is 28.4 Å². The summed E-state index contributed by atoms with van der Waals surface area (Å²) in [5.41, 5.74) is 5.61. The normalized spacial score (nSPS) is 17.0. The van der Waals surface area contributed by atoms with E-state index in [4.69, 9.17) is 10.5 Å². The van der Waals surface area contributed by atoms with Gasteiger partial charge >= 0.3 is 0 Å². The molecule has 1 fully saturated rings. The van der Waals surface area contributed by atoms with Gasteiger partial charge in [-0.25, -0.2) is 9.97 Å². The van der Waals surface area contributed by atoms with E-state index in [-0.39, 0.29) is 0 Å². The van der Waals surface area contributed by atoms with Crippen LogP contribution in [0.15, 0.2) is 15.8 Å². The van der Waals surface area contributed by atoms with Crippen molar-refractivity contribution in [3.8, 4) is 0 Å². The number of anilines is 1. The number of nitrogens with zero attached hydrogens (tertiary/aromatic N) is 2. The third kappa shape index (κ3) is 1.95. The van der Waals surface area contributed by atoms with Crippen molar-refractivity contribution < 1.29 is 4.74 Å². The Hall–Kier alpha value is -0.330. The third-order valence-electron chi connectivity index (χ3n) is 1.67. The smallest absolute Gasteiger partial charge is 0.142 e. The molecule has 0 unspecified atom stereocenters. The van der Waals surface area contributed by atoms with Gasteiger partial charge in [-0.3, -0.25) is 0 Å². The van der Waals surface area contributed by atoms with Gasteiger partial charge in [0.2, 0.25) is 0 Å². The summed E-state index contributed by atoms with van der Waals surface area (Å²) < 4.78 is 5.85. The topological polar surface area (TPSA) is 61.0 Å². The standard InChI is InChI=1S/C7H8BrN3OS/c8-5-6(9)10-3-11-7(5)13-4-1-12-2-4/h3-4H,1-2H2,(H2,9,10,11). The molecule has 0 saturated carbocycles. The summed E-state index contributed by atoms with van der Waals surface area (Å²) in [6.45, 7) is 1.59. The van der Waals surface area contributed by atoms with Crippen LogP contribution in [0.4, 0.5) is 5.82 Å². The van der Waals surface area contributed by atoms with Crippen molar-refractivity contribution in [2.45, 2.75) is 10.3 Å². The maximum absolute atomic E-state index is 5.61. The molecule has 70 valence electrons. The van der Waals surface area contributed by atoms with Gasteiger partial charge in [0.25, 0.3) is 0 Å². The molecule has 2 heterocycles. The van der Waals surface area contributed by atoms with E-state index in [1.165, 1.54) is 6.33 Å². The van der Waals surface area contributed by atoms with E-state index in [9.17, 15) is 0 Å². The largest absolute Gasteiger partial charge is 0.383 e. The summed E-state index contributed by atoms with van der Waals surface area (Å²) in [6, 6.07) is 0. The van der Waals surface area contributed by atoms with Gasteiger partial charge in [-0.15, -0.1) is 0 Å². The van der Waals surface area contributed by atoms with E-state index in [2.05, 4.69) is 25.9 Å². The molecular weight excluding hydrogens is 254 g/mol. The number of ether oxygens (including phenoxy) is 1. The predicted octanol–water partition coefficient (Wildman–Crippen LogP) is 1.31. The Bertz CT molecular complexity index is 319. The average molecular weight is 262 g/mol. The van der Waals surface area contributed by atoms with Crippen LogP contribution in [0.5, 0.6) is 0 Å². The second-order valence-electron chi connectivity index (χ2n) is 2.66. The van der Waals surface area contributed by atoms with E-state index in [0.717, 1.165) is 22.7 Å². The zero-order valence-corrected chi connectivity index (χ0v) is 9.14. The second kappa shape index (κ2) is 3.81. The Morgan fingerprint density at radius 3 is 2.92 bits per heavy atom. The Labute approximate surface area is 88.4 Å². The fourth-order valence-corrected chi connectivity index (χ4v) is 2.33. The minimum absolute atomic E-state index is 0.484. The number of thioether (sulfide) groups is 1. The number of aromatic nitrogens is 2. The van der Waals surface area contributed by atoms with Crippen molar-refractivity contribution in [2.75, 3.05) is 18.9 Å². The van der Waals surface area contributed by atoms with Crippen LogP contribution in [0.25, 0.3) is 0 Å². The molecule has 0 atom stereocenters. The first-order valence-corrected chi connectivity index (χ1v) is 5.45. The minimum atomic E-state index is 0.484. The van der Waals surface area contributed by atoms with E-state index >= 15 is 0 Å². The van der Waals surface area contributed by atoms with Crippen molar-refractivity contribution >= 4 is 33.5 Å². The van der Waals surface area contributed by atoms with Crippen molar-refractivity contribution in [3.05, 3.63) is 10.8 Å². The Morgan fingerprint density at radius 1 is 1.54 bits per heavy atom. The van der Waals surface area contributed by atoms with Gasteiger partial charge < -0.3 is 10.5 Å². The van der Waals surface area contributed by atoms with Gasteiger partial charge in [-0.2, -0.15) is 0 Å². The first-order valence-electron chi connectivity index (χ1n) is 3.77. The maximum Gasteiger partial charge on any atom is 0.142 e. The number of nitrogens with two attached hydrogens (primary N) is 1. The molecule has 1 saturated heterocycles. The summed E-state index contributed by atoms with van der Waals surface area (Å²) >= 11 is 5.02. The molecule has 1 aromatic heterocycles. The molecule has 1 aliphatic heterocycles. The van der Waals surface area contributed by atoms with Crippen LogP contribution < -0.4 is 5.73 Å². The number of halogens is 1. The number of nitrogen functional groups attached to an aromatic ring is 1. The molecule has 6 heteroatoms. The first kappa shape index (κ1) is 9.23. The van der Waals surface area contributed by atoms with Crippen LogP contribution in [0.3, 0.4) is 0 Å². The molecule has 2 N–H and O–H groups in total. The van der Waals surface area contributed by atoms with Crippen molar-refractivity contribution in [3.63, 3.8) is 0 Å². The summed E-state index contributed by atoms with van der Waals surface area (Å²) in [4.78, 5) is 8.00. The highest BCUT2D eigenvalue weighted by molar-refractivity contribution is 9.10. The van der Waals surface area contributed by atoms with E-state index in [1.807, 2.05) is 0 Å². The van der Waals surface area contributed by atoms with Crippen LogP contribution in [0, 0.1) is 0 Å². The average Bonchev–Trinajstić information content (AvgIpc) is 2.04. The van der Waals surface area contributed by atoms with Gasteiger partial charge in [-0.1, -0.05) is 11.8 Å². The zero-order valence-electron chi connectivity index (χ0n) is 6.74. The lowest BCUT2D eigenvalue weighted by Crippen LogP contribution is -2.30. The SMILES string of the molecule is Nc1ncnc(SC2COC2)c1Br. The lowest BCUT2D eigenvalue weighted by atomic mass is 10.4. The third-order valence-corrected chi connectivity index (χ3v) is 3.85. The summed E-state index contributed by atoms with van der Waals surface area (Å²) in [6.07, 6.45) is 1.47. The quantitative estimate of drug-likeness (QED) is 0.814. The molecule has 0 aromatic carbocycles. The molecule has 0 radical (unpaired) electrons. The molecule has 0 aliphatic carbocycles. The lowest BCUT2D eigenvalue weighted by molar-refractivity contribution is 0.0454. The van der Waals surface area contributed by atoms with Crippen LogP contribution >= 0.6 is 27.7 Å². The molecule has 0 bridgehead atoms. The van der Waals surface area contributed by atoms with Crippen LogP contribution in [0.2, 0.25) is 0 Å². The summed E-state index contributed by atoms with van der Waals surface area (Å²) in [7, 11) is 0. The van der Waals surface area contributed by atoms with E-state index in [1.54, 1.807) is 11.8 Å². The van der Waals surface area contributed by atoms with Gasteiger partial charge in [0.1, 0.15) is 17.2 Å². The van der Waals surface area contributed by atoms with Crippen LogP contribution in [-0.2, 0) is 4.74 Å². The minimum Gasteiger partial charge on any atom is -0.383 e. The maximum atomic E-state index is 5.61. The fourth-order valence-electron chi connectivity index (χ4n) is 0.889. The molecule has 1 aliphatic rings. The Morgan fingerprint density at radius 2 is 2.31 bits per heavy atom. The molecule has 0 spiro atoms. The van der Waals surface area contributed by atoms with Gasteiger partial charge in [-0.05, 0) is 15.9 Å². The first-order chi connectivity index (χ1) is 6.27. The highest BCUT2D eigenvalue weighted by Crippen LogP contribution is 2.33. The summed E-state index contributed by atoms with van der Waals surface area (Å²) in [5, 5.41) is 1.39. The highest BCUT2D eigenvalue weighted by Gasteiger charge is 2.21. The second-order valence-corrected chi connectivity index (χ2v) is 4.74. The fraction of sp³-hybridized carbons (Fsp3) is 0.429. The number of hydrogen-bond acceptors (Lipinski definition) is 5. The van der Waals surface area contributed by atoms with E-state index < -0.39 is 0 Å². The molecule has 4 nitrogen and oxygen atoms in total. The molecule has 0 amide bonds. The number of rotatable bonds is 2. The molecule has 13 heavy (non-hydrogen) atoms. The van der Waals surface area contributed by atoms with E-state index in [0.29, 0.717) is 11.1 Å². The van der Waals surface area contributed by atoms with Crippen LogP contribution in [0.1, 0.15) is 0 Å². The van der Waals surface area contributed by atoms with Crippen molar-refractivity contribution in [1.82, 2.24) is 9.97 Å². The van der Waals surface area contributed by atoms with Gasteiger partial charge in [0.15, 0.2) is 0 Å². The predicted molar refractivity (Wildman–Crippen MR) is 54.6 cm³/mol. The Kier molecular flexibility index (Phi) is 2.71. The zero-order chi connectivity index (χ0) is 9.26. The Balaban J connectivity index is 2.14. The lowest BCUT2D eigenvalue weighted by Gasteiger charge is -2.24. The van der Waals surface area contributed by atoms with Gasteiger partial charge in [0, 0.05) is 0 Å². The van der Waals surface area contributed by atoms with Crippen molar-refractivity contribution in [2.24, 2.45) is 0 Å². The molecule has 1 aromatic rings.